The lowest BCUT2D eigenvalue weighted by molar-refractivity contribution is -0.332. The van der Waals surface area contributed by atoms with E-state index in [4.69, 9.17) is 28.4 Å². The minimum atomic E-state index is -1.78. The Kier molecular flexibility index (Phi) is 35.2. The Morgan fingerprint density at radius 3 is 1.51 bits per heavy atom. The molecular weight excluding hydrogens is 877 g/mol. The summed E-state index contributed by atoms with van der Waals surface area (Å²) in [6.45, 7) is 2.33. The maximum absolute atomic E-state index is 12.9. The van der Waals surface area contributed by atoms with Crippen LogP contribution in [0.2, 0.25) is 0 Å². The Labute approximate surface area is 405 Å². The van der Waals surface area contributed by atoms with Crippen LogP contribution in [-0.4, -0.2) is 142 Å². The van der Waals surface area contributed by atoms with E-state index in [9.17, 15) is 45.3 Å². The standard InChI is InChI=1S/C53H86O15/c1-3-5-7-9-11-13-15-17-18-19-20-21-22-24-25-27-29-31-33-35-44(55)63-38-41(66-45(56)36-34-32-30-28-26-23-16-14-12-10-8-6-4-2)39-64-52-51(62)49(60)47(58)43(68-52)40-65-53-50(61)48(59)46(57)42(37-54)67-53/h6,8,11-14,17-18,20-21,23,26,30,32,41-43,46-54,57-62H,3-5,7,9-10,15-16,19,22,24-25,27-29,31,33-40H2,1-2H3/b8-6-,13-11-,14-12-,18-17-,21-20-,26-23-,32-30-. The third kappa shape index (κ3) is 27.2. The average Bonchev–Trinajstić information content (AvgIpc) is 3.33. The number of carbonyl (C=O) groups is 2. The molecule has 11 unspecified atom stereocenters. The molecule has 11 atom stereocenters. The number of rotatable bonds is 37. The lowest BCUT2D eigenvalue weighted by Gasteiger charge is -2.42. The second-order valence-electron chi connectivity index (χ2n) is 17.3. The number of aliphatic hydroxyl groups is 7. The van der Waals surface area contributed by atoms with Gasteiger partial charge in [0.25, 0.3) is 0 Å². The molecule has 0 bridgehead atoms. The van der Waals surface area contributed by atoms with Crippen molar-refractivity contribution in [3.05, 3.63) is 85.1 Å². The fourth-order valence-electron chi connectivity index (χ4n) is 7.24. The van der Waals surface area contributed by atoms with Gasteiger partial charge in [-0.3, -0.25) is 9.59 Å². The van der Waals surface area contributed by atoms with Gasteiger partial charge in [0.2, 0.25) is 0 Å². The smallest absolute Gasteiger partial charge is 0.306 e. The fourth-order valence-corrected chi connectivity index (χ4v) is 7.24. The van der Waals surface area contributed by atoms with Gasteiger partial charge >= 0.3 is 11.9 Å². The van der Waals surface area contributed by atoms with Crippen molar-refractivity contribution in [1.29, 1.82) is 0 Å². The first-order valence-electron chi connectivity index (χ1n) is 25.2. The predicted octanol–water partition coefficient (Wildman–Crippen LogP) is 6.82. The maximum atomic E-state index is 12.9. The number of esters is 2. The zero-order valence-corrected chi connectivity index (χ0v) is 40.8. The summed E-state index contributed by atoms with van der Waals surface area (Å²) in [7, 11) is 0. The molecule has 0 aromatic carbocycles. The Morgan fingerprint density at radius 1 is 0.485 bits per heavy atom. The minimum Gasteiger partial charge on any atom is -0.462 e. The first kappa shape index (κ1) is 60.8. The van der Waals surface area contributed by atoms with E-state index in [0.29, 0.717) is 19.3 Å². The molecule has 2 rings (SSSR count). The van der Waals surface area contributed by atoms with Gasteiger partial charge in [-0.1, -0.05) is 137 Å². The fraction of sp³-hybridized carbons (Fsp3) is 0.698. The van der Waals surface area contributed by atoms with E-state index in [1.807, 2.05) is 18.2 Å². The van der Waals surface area contributed by atoms with Crippen LogP contribution in [0.5, 0.6) is 0 Å². The van der Waals surface area contributed by atoms with E-state index in [1.165, 1.54) is 25.7 Å². The maximum Gasteiger partial charge on any atom is 0.306 e. The number of hydrogen-bond donors (Lipinski definition) is 7. The Balaban J connectivity index is 1.83. The summed E-state index contributed by atoms with van der Waals surface area (Å²) in [5.41, 5.74) is 0. The molecule has 68 heavy (non-hydrogen) atoms. The van der Waals surface area contributed by atoms with E-state index >= 15 is 0 Å². The van der Waals surface area contributed by atoms with Crippen LogP contribution in [0.3, 0.4) is 0 Å². The molecular formula is C53H86O15. The molecule has 15 nitrogen and oxygen atoms in total. The van der Waals surface area contributed by atoms with Crippen molar-refractivity contribution in [2.24, 2.45) is 0 Å². The number of carbonyl (C=O) groups excluding carboxylic acids is 2. The van der Waals surface area contributed by atoms with Gasteiger partial charge in [0.15, 0.2) is 18.7 Å². The SMILES string of the molecule is CC/C=C\C/C=C\C/C=C\C/C=C\CCC(=O)OC(COC(=O)CCCCCCCC/C=C\C/C=C\C/C=C\CCCCC)COC1OC(COC2OC(CO)C(O)C(O)C2O)C(O)C(O)C1O. The van der Waals surface area contributed by atoms with E-state index in [-0.39, 0.29) is 19.4 Å². The van der Waals surface area contributed by atoms with Crippen LogP contribution in [0.25, 0.3) is 0 Å². The van der Waals surface area contributed by atoms with Crippen molar-refractivity contribution < 1.29 is 73.8 Å². The van der Waals surface area contributed by atoms with Gasteiger partial charge < -0.3 is 64.2 Å². The molecule has 15 heteroatoms. The summed E-state index contributed by atoms with van der Waals surface area (Å²) < 4.78 is 33.4. The normalized spacial score (nSPS) is 26.5. The number of aliphatic hydroxyl groups excluding tert-OH is 7. The highest BCUT2D eigenvalue weighted by molar-refractivity contribution is 5.70. The molecule has 2 heterocycles. The zero-order valence-electron chi connectivity index (χ0n) is 40.8. The molecule has 2 saturated heterocycles. The predicted molar refractivity (Wildman–Crippen MR) is 261 cm³/mol. The summed E-state index contributed by atoms with van der Waals surface area (Å²) in [4.78, 5) is 25.7. The Hall–Kier alpha value is -3.32. The van der Waals surface area contributed by atoms with E-state index in [0.717, 1.165) is 70.6 Å². The van der Waals surface area contributed by atoms with Crippen molar-refractivity contribution in [2.45, 2.75) is 210 Å². The third-order valence-corrected chi connectivity index (χ3v) is 11.4. The molecule has 0 amide bonds. The molecule has 0 aromatic heterocycles. The second kappa shape index (κ2) is 39.4. The molecule has 2 aliphatic rings. The van der Waals surface area contributed by atoms with Crippen molar-refractivity contribution in [3.63, 3.8) is 0 Å². The largest absolute Gasteiger partial charge is 0.462 e. The van der Waals surface area contributed by atoms with Gasteiger partial charge in [-0.15, -0.1) is 0 Å². The minimum absolute atomic E-state index is 0.0362. The summed E-state index contributed by atoms with van der Waals surface area (Å²) in [6.07, 6.45) is 30.6. The second-order valence-corrected chi connectivity index (χ2v) is 17.3. The Bertz CT molecular complexity index is 1510. The quantitative estimate of drug-likeness (QED) is 0.0193. The molecule has 0 aliphatic carbocycles. The molecule has 0 spiro atoms. The van der Waals surface area contributed by atoms with Crippen LogP contribution in [0.1, 0.15) is 142 Å². The van der Waals surface area contributed by atoms with Gasteiger partial charge in [0.1, 0.15) is 55.4 Å². The average molecular weight is 963 g/mol. The first-order chi connectivity index (χ1) is 33.0. The molecule has 0 saturated carbocycles. The summed E-state index contributed by atoms with van der Waals surface area (Å²) >= 11 is 0. The molecule has 7 N–H and O–H groups in total. The van der Waals surface area contributed by atoms with Crippen LogP contribution in [0.15, 0.2) is 85.1 Å². The summed E-state index contributed by atoms with van der Waals surface area (Å²) in [5, 5.41) is 72.0. The van der Waals surface area contributed by atoms with E-state index in [1.54, 1.807) is 0 Å². The zero-order chi connectivity index (χ0) is 49.6. The van der Waals surface area contributed by atoms with Crippen molar-refractivity contribution in [1.82, 2.24) is 0 Å². The lowest BCUT2D eigenvalue weighted by atomic mass is 9.98. The molecule has 0 aromatic rings. The van der Waals surface area contributed by atoms with Crippen LogP contribution < -0.4 is 0 Å². The topological polar surface area (TPSA) is 231 Å². The lowest BCUT2D eigenvalue weighted by Crippen LogP contribution is -2.61. The van der Waals surface area contributed by atoms with Gasteiger partial charge in [0, 0.05) is 12.8 Å². The van der Waals surface area contributed by atoms with Crippen molar-refractivity contribution in [3.8, 4) is 0 Å². The molecule has 0 radical (unpaired) electrons. The van der Waals surface area contributed by atoms with Gasteiger partial charge in [-0.2, -0.15) is 0 Å². The first-order valence-corrected chi connectivity index (χ1v) is 25.2. The van der Waals surface area contributed by atoms with Crippen LogP contribution >= 0.6 is 0 Å². The van der Waals surface area contributed by atoms with Crippen LogP contribution in [0, 0.1) is 0 Å². The summed E-state index contributed by atoms with van der Waals surface area (Å²) in [5.74, 6) is -1.04. The van der Waals surface area contributed by atoms with E-state index in [2.05, 4.69) is 80.7 Å². The molecule has 2 aliphatic heterocycles. The Morgan fingerprint density at radius 2 is 0.956 bits per heavy atom. The third-order valence-electron chi connectivity index (χ3n) is 11.4. The highest BCUT2D eigenvalue weighted by atomic mass is 16.7. The number of hydrogen-bond acceptors (Lipinski definition) is 15. The number of allylic oxidation sites excluding steroid dienone is 14. The number of unbranched alkanes of at least 4 members (excludes halogenated alkanes) is 9. The summed E-state index contributed by atoms with van der Waals surface area (Å²) in [6, 6.07) is 0. The van der Waals surface area contributed by atoms with Crippen LogP contribution in [-0.2, 0) is 38.0 Å². The van der Waals surface area contributed by atoms with Crippen molar-refractivity contribution >= 4 is 11.9 Å². The number of ether oxygens (including phenoxy) is 6. The van der Waals surface area contributed by atoms with Gasteiger partial charge in [0.05, 0.1) is 19.8 Å². The van der Waals surface area contributed by atoms with Crippen molar-refractivity contribution in [2.75, 3.05) is 26.4 Å². The van der Waals surface area contributed by atoms with Gasteiger partial charge in [-0.25, -0.2) is 0 Å². The van der Waals surface area contributed by atoms with E-state index < -0.39 is 99.3 Å². The molecule has 2 fully saturated rings. The monoisotopic (exact) mass is 963 g/mol. The molecule has 388 valence electrons. The highest BCUT2D eigenvalue weighted by Gasteiger charge is 2.47. The van der Waals surface area contributed by atoms with Gasteiger partial charge in [-0.05, 0) is 77.0 Å². The van der Waals surface area contributed by atoms with Crippen LogP contribution in [0.4, 0.5) is 0 Å². The highest BCUT2D eigenvalue weighted by Crippen LogP contribution is 2.26.